The van der Waals surface area contributed by atoms with Crippen molar-refractivity contribution in [1.82, 2.24) is 9.88 Å². The predicted molar refractivity (Wildman–Crippen MR) is 92.6 cm³/mol. The molecule has 2 amide bonds. The molecular formula is C16H18N3O4P. The van der Waals surface area contributed by atoms with Crippen LogP contribution in [-0.4, -0.2) is 29.5 Å². The van der Waals surface area contributed by atoms with E-state index in [2.05, 4.69) is 26.4 Å². The van der Waals surface area contributed by atoms with E-state index in [0.717, 1.165) is 24.1 Å². The molecule has 1 N–H and O–H groups in total. The Morgan fingerprint density at radius 3 is 2.67 bits per heavy atom. The Balaban J connectivity index is 1.85. The van der Waals surface area contributed by atoms with Gasteiger partial charge in [-0.05, 0) is 29.8 Å². The number of anilines is 1. The van der Waals surface area contributed by atoms with Crippen molar-refractivity contribution in [2.24, 2.45) is 5.92 Å². The van der Waals surface area contributed by atoms with Gasteiger partial charge in [-0.15, -0.1) is 9.24 Å². The minimum absolute atomic E-state index is 0.215. The third-order valence-corrected chi connectivity index (χ3v) is 4.98. The van der Waals surface area contributed by atoms with E-state index in [0.29, 0.717) is 23.4 Å². The number of nitrogens with zero attached hydrogens (tertiary/aromatic N) is 2. The van der Waals surface area contributed by atoms with Crippen LogP contribution in [0.15, 0.2) is 21.3 Å². The highest BCUT2D eigenvalue weighted by Crippen LogP contribution is 2.33. The molecule has 3 heterocycles. The summed E-state index contributed by atoms with van der Waals surface area (Å²) in [6.45, 7) is 4.00. The Morgan fingerprint density at radius 1 is 1.25 bits per heavy atom. The van der Waals surface area contributed by atoms with Gasteiger partial charge in [-0.25, -0.2) is 4.79 Å². The molecule has 2 aromatic rings. The average molecular weight is 347 g/mol. The minimum Gasteiger partial charge on any atom is -0.405 e. The zero-order valence-electron chi connectivity index (χ0n) is 13.2. The lowest BCUT2D eigenvalue weighted by atomic mass is 10.0. The van der Waals surface area contributed by atoms with Crippen LogP contribution in [0.1, 0.15) is 25.8 Å². The van der Waals surface area contributed by atoms with Crippen molar-refractivity contribution in [2.45, 2.75) is 25.8 Å². The quantitative estimate of drug-likeness (QED) is 0.633. The summed E-state index contributed by atoms with van der Waals surface area (Å²) in [6, 6.07) is 3.07. The van der Waals surface area contributed by atoms with E-state index in [-0.39, 0.29) is 12.3 Å². The van der Waals surface area contributed by atoms with Gasteiger partial charge in [0.1, 0.15) is 6.04 Å². The number of rotatable bonds is 2. The first kappa shape index (κ1) is 15.4. The first-order chi connectivity index (χ1) is 11.4. The van der Waals surface area contributed by atoms with Crippen LogP contribution in [0.5, 0.6) is 0 Å². The topological polar surface area (TPSA) is 84.6 Å². The third-order valence-electron chi connectivity index (χ3n) is 4.64. The van der Waals surface area contributed by atoms with Crippen LogP contribution in [0.4, 0.5) is 5.69 Å². The summed E-state index contributed by atoms with van der Waals surface area (Å²) in [5, 5.41) is 3.21. The zero-order chi connectivity index (χ0) is 17.0. The minimum atomic E-state index is -0.716. The van der Waals surface area contributed by atoms with Crippen molar-refractivity contribution in [3.8, 4) is 0 Å². The fourth-order valence-corrected chi connectivity index (χ4v) is 3.81. The molecular weight excluding hydrogens is 329 g/mol. The maximum absolute atomic E-state index is 12.4. The van der Waals surface area contributed by atoms with Crippen LogP contribution in [0.2, 0.25) is 0 Å². The van der Waals surface area contributed by atoms with Crippen LogP contribution in [0, 0.1) is 5.92 Å². The summed E-state index contributed by atoms with van der Waals surface area (Å²) >= 11 is 0. The van der Waals surface area contributed by atoms with Crippen molar-refractivity contribution in [2.75, 3.05) is 18.0 Å². The molecule has 1 aromatic heterocycles. The van der Waals surface area contributed by atoms with Crippen molar-refractivity contribution in [3.05, 3.63) is 22.7 Å². The molecule has 0 spiro atoms. The monoisotopic (exact) mass is 347 g/mol. The molecule has 1 aromatic carbocycles. The zero-order valence-corrected chi connectivity index (χ0v) is 14.4. The van der Waals surface area contributed by atoms with Gasteiger partial charge >= 0.3 is 5.76 Å². The number of imide groups is 1. The second-order valence-corrected chi connectivity index (χ2v) is 7.27. The number of piperidine rings is 1. The summed E-state index contributed by atoms with van der Waals surface area (Å²) in [7, 11) is 2.63. The molecule has 0 bridgehead atoms. The van der Waals surface area contributed by atoms with Crippen LogP contribution in [0.3, 0.4) is 0 Å². The first-order valence-corrected chi connectivity index (χ1v) is 8.55. The number of benzene rings is 1. The molecule has 126 valence electrons. The Hall–Kier alpha value is -2.14. The summed E-state index contributed by atoms with van der Waals surface area (Å²) in [4.78, 5) is 38.1. The van der Waals surface area contributed by atoms with Crippen molar-refractivity contribution in [3.63, 3.8) is 0 Å². The molecule has 2 atom stereocenters. The fraction of sp³-hybridized carbons (Fsp3) is 0.438. The Morgan fingerprint density at radius 2 is 2.00 bits per heavy atom. The largest absolute Gasteiger partial charge is 0.420 e. The second-order valence-electron chi connectivity index (χ2n) is 6.60. The molecule has 2 aliphatic heterocycles. The number of fused-ring (bicyclic) bond motifs is 1. The lowest BCUT2D eigenvalue weighted by Gasteiger charge is -2.39. The van der Waals surface area contributed by atoms with E-state index in [9.17, 15) is 14.4 Å². The molecule has 2 saturated heterocycles. The Bertz CT molecular complexity index is 910. The van der Waals surface area contributed by atoms with Gasteiger partial charge < -0.3 is 9.32 Å². The summed E-state index contributed by atoms with van der Waals surface area (Å²) in [6.07, 6.45) is 0.517. The summed E-state index contributed by atoms with van der Waals surface area (Å²) < 4.78 is 6.87. The molecule has 7 nitrogen and oxygen atoms in total. The number of aromatic nitrogens is 1. The molecule has 2 aliphatic rings. The van der Waals surface area contributed by atoms with Gasteiger partial charge in [-0.2, -0.15) is 0 Å². The number of hydrogen-bond acceptors (Lipinski definition) is 5. The first-order valence-electron chi connectivity index (χ1n) is 7.97. The van der Waals surface area contributed by atoms with Crippen LogP contribution in [-0.2, 0) is 9.59 Å². The van der Waals surface area contributed by atoms with Crippen molar-refractivity contribution < 1.29 is 14.0 Å². The van der Waals surface area contributed by atoms with E-state index < -0.39 is 17.7 Å². The van der Waals surface area contributed by atoms with Crippen LogP contribution in [0.25, 0.3) is 11.1 Å². The van der Waals surface area contributed by atoms with Gasteiger partial charge in [-0.3, -0.25) is 19.5 Å². The molecule has 2 unspecified atom stereocenters. The number of carbonyl (C=O) groups excluding carboxylic acids is 2. The van der Waals surface area contributed by atoms with Crippen LogP contribution < -0.4 is 21.3 Å². The maximum Gasteiger partial charge on any atom is 0.420 e. The number of nitrogens with one attached hydrogen (secondary N) is 1. The standard InChI is InChI=1S/C16H18N3O4P/c1-8-6-18(7-8)11-4-9(24)5-12-14(11)23-16(22)19(12)10-2-3-13(20)17-15(10)21/h4-5,8,10H,2-3,6-7,24H2,1H3,(H,17,20,21). The lowest BCUT2D eigenvalue weighted by Crippen LogP contribution is -2.45. The van der Waals surface area contributed by atoms with Gasteiger partial charge in [0.25, 0.3) is 0 Å². The summed E-state index contributed by atoms with van der Waals surface area (Å²) in [5.74, 6) is -0.717. The third kappa shape index (κ3) is 2.35. The predicted octanol–water partition coefficient (Wildman–Crippen LogP) is 0.529. The van der Waals surface area contributed by atoms with Gasteiger partial charge in [0.05, 0.1) is 11.2 Å². The van der Waals surface area contributed by atoms with Gasteiger partial charge in [0.2, 0.25) is 11.8 Å². The average Bonchev–Trinajstić information content (AvgIpc) is 2.80. The van der Waals surface area contributed by atoms with E-state index in [1.807, 2.05) is 12.1 Å². The molecule has 4 rings (SSSR count). The normalized spacial score (nSPS) is 21.9. The Kier molecular flexibility index (Phi) is 3.49. The molecule has 2 fully saturated rings. The van der Waals surface area contributed by atoms with Crippen LogP contribution >= 0.6 is 9.24 Å². The number of carbonyl (C=O) groups is 2. The van der Waals surface area contributed by atoms with E-state index in [4.69, 9.17) is 4.42 Å². The summed E-state index contributed by atoms with van der Waals surface area (Å²) in [5.41, 5.74) is 1.97. The van der Waals surface area contributed by atoms with E-state index >= 15 is 0 Å². The lowest BCUT2D eigenvalue weighted by molar-refractivity contribution is -0.135. The highest BCUT2D eigenvalue weighted by molar-refractivity contribution is 7.27. The van der Waals surface area contributed by atoms with Crippen molar-refractivity contribution >= 4 is 43.1 Å². The van der Waals surface area contributed by atoms with Crippen molar-refractivity contribution in [1.29, 1.82) is 0 Å². The highest BCUT2D eigenvalue weighted by Gasteiger charge is 2.33. The number of amides is 2. The molecule has 24 heavy (non-hydrogen) atoms. The van der Waals surface area contributed by atoms with Gasteiger partial charge in [0, 0.05) is 19.5 Å². The number of hydrogen-bond donors (Lipinski definition) is 1. The molecule has 8 heteroatoms. The number of oxazole rings is 1. The molecule has 0 saturated carbocycles. The SMILES string of the molecule is CC1CN(c2cc(P)cc3c2oc(=O)n3C2CCC(=O)NC2=O)C1. The van der Waals surface area contributed by atoms with E-state index in [1.165, 1.54) is 4.57 Å². The second kappa shape index (κ2) is 5.45. The highest BCUT2D eigenvalue weighted by atomic mass is 31.0. The molecule has 0 radical (unpaired) electrons. The molecule has 0 aliphatic carbocycles. The van der Waals surface area contributed by atoms with E-state index in [1.54, 1.807) is 0 Å². The fourth-order valence-electron chi connectivity index (χ4n) is 3.49. The van der Waals surface area contributed by atoms with Gasteiger partial charge in [-0.1, -0.05) is 6.92 Å². The van der Waals surface area contributed by atoms with Gasteiger partial charge in [0.15, 0.2) is 5.58 Å². The Labute approximate surface area is 140 Å². The maximum atomic E-state index is 12.4. The smallest absolute Gasteiger partial charge is 0.405 e.